The number of hydrogen-bond acceptors (Lipinski definition) is 4. The van der Waals surface area contributed by atoms with E-state index in [0.717, 1.165) is 7.11 Å². The van der Waals surface area contributed by atoms with Gasteiger partial charge in [-0.05, 0) is 0 Å². The zero-order valence-corrected chi connectivity index (χ0v) is 4.25. The average molecular weight is 110 g/mol. The highest BCUT2D eigenvalue weighted by molar-refractivity contribution is 6.48. The molecule has 0 radical (unpaired) electrons. The summed E-state index contributed by atoms with van der Waals surface area (Å²) in [5.74, 6) is 0. The van der Waals surface area contributed by atoms with Gasteiger partial charge in [-0.2, -0.15) is 0 Å². The summed E-state index contributed by atoms with van der Waals surface area (Å²) in [6.07, 6.45) is 0. The van der Waals surface area contributed by atoms with E-state index in [9.17, 15) is 0 Å². The SMILES string of the molecule is CO[Si](O)(O)O. The molecule has 0 amide bonds. The van der Waals surface area contributed by atoms with Crippen LogP contribution < -0.4 is 0 Å². The fourth-order valence-electron chi connectivity index (χ4n) is 0. The molecule has 0 aromatic carbocycles. The fraction of sp³-hybridized carbons (Fsp3) is 1.00. The van der Waals surface area contributed by atoms with Crippen molar-refractivity contribution in [3.05, 3.63) is 0 Å². The van der Waals surface area contributed by atoms with Crippen molar-refractivity contribution < 1.29 is 18.8 Å². The third kappa shape index (κ3) is 4.06. The molecule has 0 aromatic rings. The van der Waals surface area contributed by atoms with E-state index < -0.39 is 9.05 Å². The molecule has 38 valence electrons. The van der Waals surface area contributed by atoms with E-state index in [1.165, 1.54) is 0 Å². The zero-order valence-electron chi connectivity index (χ0n) is 3.25. The molecule has 0 aliphatic rings. The first-order chi connectivity index (χ1) is 2.56. The van der Waals surface area contributed by atoms with Gasteiger partial charge in [0, 0.05) is 7.11 Å². The Morgan fingerprint density at radius 3 is 1.50 bits per heavy atom. The summed E-state index contributed by atoms with van der Waals surface area (Å²) in [5, 5.41) is 0. The van der Waals surface area contributed by atoms with Gasteiger partial charge in [0.25, 0.3) is 0 Å². The molecule has 0 aliphatic heterocycles. The molecule has 6 heavy (non-hydrogen) atoms. The van der Waals surface area contributed by atoms with Crippen molar-refractivity contribution in [1.82, 2.24) is 0 Å². The maximum absolute atomic E-state index is 7.85. The molecule has 0 bridgehead atoms. The molecule has 0 fully saturated rings. The van der Waals surface area contributed by atoms with E-state index in [2.05, 4.69) is 4.43 Å². The molecule has 0 aliphatic carbocycles. The summed E-state index contributed by atoms with van der Waals surface area (Å²) in [4.78, 5) is 23.6. The van der Waals surface area contributed by atoms with E-state index in [1.807, 2.05) is 0 Å². The molecular formula is CH6O4Si. The predicted molar refractivity (Wildman–Crippen MR) is 19.4 cm³/mol. The quantitative estimate of drug-likeness (QED) is 0.343. The average Bonchev–Trinajstić information content (AvgIpc) is 1.35. The Morgan fingerprint density at radius 1 is 1.33 bits per heavy atom. The van der Waals surface area contributed by atoms with Gasteiger partial charge in [-0.3, -0.25) is 0 Å². The van der Waals surface area contributed by atoms with E-state index in [4.69, 9.17) is 14.4 Å². The first-order valence-electron chi connectivity index (χ1n) is 1.28. The first-order valence-corrected chi connectivity index (χ1v) is 3.03. The minimum atomic E-state index is -4.13. The summed E-state index contributed by atoms with van der Waals surface area (Å²) in [6.45, 7) is 0. The molecule has 0 saturated carbocycles. The monoisotopic (exact) mass is 110 g/mol. The van der Waals surface area contributed by atoms with Crippen LogP contribution in [-0.4, -0.2) is 30.5 Å². The Balaban J connectivity index is 3.17. The minimum Gasteiger partial charge on any atom is -0.368 e. The maximum atomic E-state index is 7.85. The van der Waals surface area contributed by atoms with Crippen LogP contribution in [0.4, 0.5) is 0 Å². The van der Waals surface area contributed by atoms with Gasteiger partial charge in [0.15, 0.2) is 0 Å². The lowest BCUT2D eigenvalue weighted by atomic mass is 11.8. The van der Waals surface area contributed by atoms with Gasteiger partial charge in [-0.25, -0.2) is 0 Å². The van der Waals surface area contributed by atoms with Crippen molar-refractivity contribution in [1.29, 1.82) is 0 Å². The Morgan fingerprint density at radius 2 is 1.50 bits per heavy atom. The molecular weight excluding hydrogens is 104 g/mol. The second-order valence-corrected chi connectivity index (χ2v) is 2.33. The van der Waals surface area contributed by atoms with Gasteiger partial charge in [0.05, 0.1) is 0 Å². The molecule has 0 spiro atoms. The summed E-state index contributed by atoms with van der Waals surface area (Å²) >= 11 is 0. The molecule has 0 aromatic heterocycles. The van der Waals surface area contributed by atoms with Crippen molar-refractivity contribution in [2.24, 2.45) is 0 Å². The summed E-state index contributed by atoms with van der Waals surface area (Å²) in [6, 6.07) is 0. The van der Waals surface area contributed by atoms with Crippen LogP contribution in [-0.2, 0) is 4.43 Å². The first kappa shape index (κ1) is 6.06. The molecule has 0 heterocycles. The highest BCUT2D eigenvalue weighted by Gasteiger charge is 2.27. The Labute approximate surface area is 36.1 Å². The predicted octanol–water partition coefficient (Wildman–Crippen LogP) is -1.95. The third-order valence-corrected chi connectivity index (χ3v) is 0.822. The largest absolute Gasteiger partial charge is 0.671 e. The lowest BCUT2D eigenvalue weighted by molar-refractivity contribution is 0.0881. The molecule has 0 unspecified atom stereocenters. The lowest BCUT2D eigenvalue weighted by Gasteiger charge is -2.01. The van der Waals surface area contributed by atoms with Crippen molar-refractivity contribution in [2.45, 2.75) is 0 Å². The standard InChI is InChI=1S/CH6O4Si/c1-5-6(2,3)4/h2-4H,1H3. The lowest BCUT2D eigenvalue weighted by Crippen LogP contribution is -2.37. The van der Waals surface area contributed by atoms with Crippen LogP contribution in [0.1, 0.15) is 0 Å². The van der Waals surface area contributed by atoms with E-state index in [-0.39, 0.29) is 0 Å². The van der Waals surface area contributed by atoms with Crippen molar-refractivity contribution in [3.8, 4) is 0 Å². The second kappa shape index (κ2) is 1.67. The smallest absolute Gasteiger partial charge is 0.368 e. The van der Waals surface area contributed by atoms with Gasteiger partial charge >= 0.3 is 9.05 Å². The number of rotatable bonds is 1. The molecule has 0 atom stereocenters. The van der Waals surface area contributed by atoms with Crippen LogP contribution in [0.3, 0.4) is 0 Å². The van der Waals surface area contributed by atoms with Crippen LogP contribution >= 0.6 is 0 Å². The van der Waals surface area contributed by atoms with Gasteiger partial charge < -0.3 is 18.8 Å². The Kier molecular flexibility index (Phi) is 1.69. The normalized spacial score (nSPS) is 12.0. The topological polar surface area (TPSA) is 69.9 Å². The maximum Gasteiger partial charge on any atom is 0.671 e. The van der Waals surface area contributed by atoms with Gasteiger partial charge in [-0.15, -0.1) is 0 Å². The van der Waals surface area contributed by atoms with E-state index in [1.54, 1.807) is 0 Å². The number of hydrogen-bond donors (Lipinski definition) is 3. The van der Waals surface area contributed by atoms with Crippen molar-refractivity contribution in [3.63, 3.8) is 0 Å². The molecule has 0 rings (SSSR count). The zero-order chi connectivity index (χ0) is 5.21. The van der Waals surface area contributed by atoms with Crippen LogP contribution in [0.25, 0.3) is 0 Å². The minimum absolute atomic E-state index is 1.02. The molecule has 5 heteroatoms. The van der Waals surface area contributed by atoms with Crippen LogP contribution in [0.5, 0.6) is 0 Å². The van der Waals surface area contributed by atoms with Crippen molar-refractivity contribution >= 4 is 9.05 Å². The Hall–Kier alpha value is 0.0569. The highest BCUT2D eigenvalue weighted by Crippen LogP contribution is 1.80. The van der Waals surface area contributed by atoms with E-state index >= 15 is 0 Å². The molecule has 4 nitrogen and oxygen atoms in total. The second-order valence-electron chi connectivity index (χ2n) is 0.778. The van der Waals surface area contributed by atoms with E-state index in [0.29, 0.717) is 0 Å². The van der Waals surface area contributed by atoms with Crippen molar-refractivity contribution in [2.75, 3.05) is 7.11 Å². The summed E-state index contributed by atoms with van der Waals surface area (Å²) in [7, 11) is -3.11. The van der Waals surface area contributed by atoms with Gasteiger partial charge in [0.1, 0.15) is 0 Å². The third-order valence-electron chi connectivity index (χ3n) is 0.274. The summed E-state index contributed by atoms with van der Waals surface area (Å²) in [5.41, 5.74) is 0. The van der Waals surface area contributed by atoms with Gasteiger partial charge in [-0.1, -0.05) is 0 Å². The fourth-order valence-corrected chi connectivity index (χ4v) is 0. The highest BCUT2D eigenvalue weighted by atomic mass is 28.4. The van der Waals surface area contributed by atoms with Crippen LogP contribution in [0.15, 0.2) is 0 Å². The Bertz CT molecular complexity index is 37.3. The molecule has 3 N–H and O–H groups in total. The van der Waals surface area contributed by atoms with Gasteiger partial charge in [0.2, 0.25) is 0 Å². The molecule has 0 saturated heterocycles. The van der Waals surface area contributed by atoms with Crippen LogP contribution in [0, 0.1) is 0 Å². The van der Waals surface area contributed by atoms with Crippen LogP contribution in [0.2, 0.25) is 0 Å². The summed E-state index contributed by atoms with van der Waals surface area (Å²) < 4.78 is 3.74.